The summed E-state index contributed by atoms with van der Waals surface area (Å²) in [6.07, 6.45) is 0.244. The van der Waals surface area contributed by atoms with E-state index in [9.17, 15) is 4.79 Å². The summed E-state index contributed by atoms with van der Waals surface area (Å²) < 4.78 is 7.73. The highest BCUT2D eigenvalue weighted by molar-refractivity contribution is 5.79. The summed E-state index contributed by atoms with van der Waals surface area (Å²) in [5, 5.41) is 7.63. The Kier molecular flexibility index (Phi) is 8.76. The van der Waals surface area contributed by atoms with Crippen molar-refractivity contribution in [2.45, 2.75) is 54.5 Å². The quantitative estimate of drug-likeness (QED) is 0.468. The van der Waals surface area contributed by atoms with Crippen LogP contribution in [0, 0.1) is 27.7 Å². The van der Waals surface area contributed by atoms with Crippen molar-refractivity contribution in [3.8, 4) is 11.7 Å². The number of likely N-dealkylation sites (N-methyl/N-ethyl adjacent to an activating group) is 1. The highest BCUT2D eigenvalue weighted by Gasteiger charge is 2.18. The van der Waals surface area contributed by atoms with Gasteiger partial charge in [0, 0.05) is 41.3 Å². The number of benzene rings is 1. The van der Waals surface area contributed by atoms with E-state index >= 15 is 0 Å². The number of nitrogens with one attached hydrogen (secondary N) is 1. The van der Waals surface area contributed by atoms with Gasteiger partial charge in [-0.1, -0.05) is 32.0 Å². The average Bonchev–Trinajstić information content (AvgIpc) is 3.09. The molecule has 0 spiro atoms. The van der Waals surface area contributed by atoms with Crippen LogP contribution in [0.4, 0.5) is 0 Å². The third-order valence-corrected chi connectivity index (χ3v) is 5.95. The monoisotopic (exact) mass is 464 g/mol. The smallest absolute Gasteiger partial charge is 0.251 e. The van der Waals surface area contributed by atoms with E-state index in [-0.39, 0.29) is 12.3 Å². The molecule has 0 bridgehead atoms. The second-order valence-corrected chi connectivity index (χ2v) is 8.45. The van der Waals surface area contributed by atoms with E-state index in [0.717, 1.165) is 59.3 Å². The van der Waals surface area contributed by atoms with Crippen molar-refractivity contribution in [1.82, 2.24) is 30.0 Å². The summed E-state index contributed by atoms with van der Waals surface area (Å²) in [5.74, 6) is 1.27. The maximum atomic E-state index is 12.8. The topological polar surface area (TPSA) is 85.2 Å². The highest BCUT2D eigenvalue weighted by Crippen LogP contribution is 2.19. The zero-order valence-electron chi connectivity index (χ0n) is 21.2. The van der Waals surface area contributed by atoms with Gasteiger partial charge in [0.05, 0.1) is 12.1 Å². The predicted molar refractivity (Wildman–Crippen MR) is 133 cm³/mol. The lowest BCUT2D eigenvalue weighted by Crippen LogP contribution is -2.28. The highest BCUT2D eigenvalue weighted by atomic mass is 16.5. The number of aromatic nitrogens is 4. The molecule has 0 saturated carbocycles. The molecule has 1 amide bonds. The summed E-state index contributed by atoms with van der Waals surface area (Å²) in [5.41, 5.74) is 5.29. The number of nitrogens with zero attached hydrogens (tertiary/aromatic N) is 5. The van der Waals surface area contributed by atoms with Crippen LogP contribution in [0.3, 0.4) is 0 Å². The number of carbonyl (C=O) groups is 1. The lowest BCUT2D eigenvalue weighted by atomic mass is 10.1. The van der Waals surface area contributed by atoms with Crippen molar-refractivity contribution in [1.29, 1.82) is 0 Å². The zero-order valence-corrected chi connectivity index (χ0v) is 21.2. The number of hydrogen-bond donors (Lipinski definition) is 1. The van der Waals surface area contributed by atoms with Crippen LogP contribution in [0.5, 0.6) is 5.75 Å². The molecule has 0 radical (unpaired) electrons. The van der Waals surface area contributed by atoms with E-state index in [1.165, 1.54) is 0 Å². The minimum Gasteiger partial charge on any atom is -0.492 e. The van der Waals surface area contributed by atoms with E-state index in [2.05, 4.69) is 39.1 Å². The molecule has 1 N–H and O–H groups in total. The van der Waals surface area contributed by atoms with Gasteiger partial charge in [0.15, 0.2) is 0 Å². The molecule has 0 atom stereocenters. The summed E-state index contributed by atoms with van der Waals surface area (Å²) >= 11 is 0. The molecule has 0 fully saturated rings. The molecular formula is C26H36N6O2. The molecule has 0 unspecified atom stereocenters. The van der Waals surface area contributed by atoms with Crippen molar-refractivity contribution >= 4 is 5.91 Å². The van der Waals surface area contributed by atoms with Gasteiger partial charge in [0.2, 0.25) is 5.91 Å². The molecule has 34 heavy (non-hydrogen) atoms. The molecule has 1 aromatic carbocycles. The largest absolute Gasteiger partial charge is 0.492 e. The van der Waals surface area contributed by atoms with E-state index in [1.54, 1.807) is 4.68 Å². The zero-order chi connectivity index (χ0) is 24.7. The van der Waals surface area contributed by atoms with Gasteiger partial charge in [-0.2, -0.15) is 5.10 Å². The average molecular weight is 465 g/mol. The van der Waals surface area contributed by atoms with Gasteiger partial charge in [0.1, 0.15) is 12.4 Å². The van der Waals surface area contributed by atoms with Crippen LogP contribution >= 0.6 is 0 Å². The molecule has 2 heterocycles. The molecule has 8 heteroatoms. The Labute approximate surface area is 202 Å². The van der Waals surface area contributed by atoms with Crippen LogP contribution in [0.1, 0.15) is 47.8 Å². The van der Waals surface area contributed by atoms with E-state index in [0.29, 0.717) is 19.1 Å². The van der Waals surface area contributed by atoms with Crippen LogP contribution in [0.15, 0.2) is 30.3 Å². The van der Waals surface area contributed by atoms with Crippen LogP contribution < -0.4 is 10.1 Å². The van der Waals surface area contributed by atoms with Crippen molar-refractivity contribution in [3.05, 3.63) is 64.2 Å². The van der Waals surface area contributed by atoms with Crippen molar-refractivity contribution in [2.75, 3.05) is 26.2 Å². The first-order chi connectivity index (χ1) is 16.3. The number of carbonyl (C=O) groups excluding carboxylic acids is 1. The normalized spacial score (nSPS) is 11.1. The number of amides is 1. The van der Waals surface area contributed by atoms with E-state index < -0.39 is 0 Å². The maximum absolute atomic E-state index is 12.8. The van der Waals surface area contributed by atoms with Gasteiger partial charge >= 0.3 is 0 Å². The molecule has 3 aromatic rings. The Balaban J connectivity index is 1.64. The number of para-hydroxylation sites is 1. The predicted octanol–water partition coefficient (Wildman–Crippen LogP) is 3.48. The second-order valence-electron chi connectivity index (χ2n) is 8.45. The Morgan fingerprint density at radius 3 is 2.41 bits per heavy atom. The van der Waals surface area contributed by atoms with Crippen molar-refractivity contribution in [2.24, 2.45) is 0 Å². The molecular weight excluding hydrogens is 428 g/mol. The van der Waals surface area contributed by atoms with Gasteiger partial charge in [0.25, 0.3) is 5.95 Å². The molecule has 0 aliphatic rings. The Hall–Kier alpha value is -3.26. The lowest BCUT2D eigenvalue weighted by Gasteiger charge is -2.19. The van der Waals surface area contributed by atoms with Gasteiger partial charge in [-0.3, -0.25) is 4.79 Å². The van der Waals surface area contributed by atoms with Crippen molar-refractivity contribution < 1.29 is 9.53 Å². The standard InChI is InChI=1S/C26H36N6O2/c1-7-31(8-2)13-14-34-24-12-10-9-11-22(24)17-27-25(33)16-23-20(5)30-32(21(23)6)26-28-18(3)15-19(4)29-26/h9-12,15H,7-8,13-14,16-17H2,1-6H3,(H,27,33). The number of aryl methyl sites for hydroxylation is 3. The first-order valence-corrected chi connectivity index (χ1v) is 11.9. The van der Waals surface area contributed by atoms with Crippen LogP contribution in [-0.4, -0.2) is 56.8 Å². The third-order valence-electron chi connectivity index (χ3n) is 5.95. The molecule has 0 saturated heterocycles. The number of rotatable bonds is 11. The van der Waals surface area contributed by atoms with E-state index in [4.69, 9.17) is 4.74 Å². The number of hydrogen-bond acceptors (Lipinski definition) is 6. The molecule has 8 nitrogen and oxygen atoms in total. The van der Waals surface area contributed by atoms with Crippen LogP contribution in [0.2, 0.25) is 0 Å². The SMILES string of the molecule is CCN(CC)CCOc1ccccc1CNC(=O)Cc1c(C)nn(-c2nc(C)cc(C)n2)c1C. The second kappa shape index (κ2) is 11.7. The molecule has 0 aliphatic carbocycles. The fourth-order valence-electron chi connectivity index (χ4n) is 3.96. The van der Waals surface area contributed by atoms with Gasteiger partial charge < -0.3 is 15.0 Å². The lowest BCUT2D eigenvalue weighted by molar-refractivity contribution is -0.120. The minimum absolute atomic E-state index is 0.0648. The molecule has 3 rings (SSSR count). The first kappa shape index (κ1) is 25.4. The molecule has 2 aromatic heterocycles. The van der Waals surface area contributed by atoms with Crippen molar-refractivity contribution in [3.63, 3.8) is 0 Å². The summed E-state index contributed by atoms with van der Waals surface area (Å²) in [4.78, 5) is 24.1. The number of ether oxygens (including phenoxy) is 1. The Morgan fingerprint density at radius 2 is 1.74 bits per heavy atom. The summed E-state index contributed by atoms with van der Waals surface area (Å²) in [7, 11) is 0. The first-order valence-electron chi connectivity index (χ1n) is 11.9. The third kappa shape index (κ3) is 6.41. The summed E-state index contributed by atoms with van der Waals surface area (Å²) in [6.45, 7) is 15.9. The minimum atomic E-state index is -0.0648. The van der Waals surface area contributed by atoms with Gasteiger partial charge in [-0.05, 0) is 52.9 Å². The molecule has 182 valence electrons. The van der Waals surface area contributed by atoms with Gasteiger partial charge in [-0.25, -0.2) is 14.6 Å². The Bertz CT molecular complexity index is 1100. The Morgan fingerprint density at radius 1 is 1.06 bits per heavy atom. The maximum Gasteiger partial charge on any atom is 0.251 e. The fraction of sp³-hybridized carbons (Fsp3) is 0.462. The van der Waals surface area contributed by atoms with Crippen LogP contribution in [0.25, 0.3) is 5.95 Å². The molecule has 0 aliphatic heterocycles. The summed E-state index contributed by atoms with van der Waals surface area (Å²) in [6, 6.07) is 9.77. The van der Waals surface area contributed by atoms with Crippen LogP contribution in [-0.2, 0) is 17.8 Å². The van der Waals surface area contributed by atoms with E-state index in [1.807, 2.05) is 58.0 Å². The van der Waals surface area contributed by atoms with Gasteiger partial charge in [-0.15, -0.1) is 0 Å². The fourth-order valence-corrected chi connectivity index (χ4v) is 3.96.